The van der Waals surface area contributed by atoms with E-state index in [0.717, 1.165) is 11.3 Å². The second-order valence-corrected chi connectivity index (χ2v) is 3.91. The summed E-state index contributed by atoms with van der Waals surface area (Å²) in [7, 11) is 0. The molecule has 3 aromatic rings. The quantitative estimate of drug-likeness (QED) is 0.727. The van der Waals surface area contributed by atoms with Crippen LogP contribution in [0.2, 0.25) is 0 Å². The van der Waals surface area contributed by atoms with E-state index in [1.54, 1.807) is 6.20 Å². The second-order valence-electron chi connectivity index (χ2n) is 3.91. The van der Waals surface area contributed by atoms with Gasteiger partial charge in [0.1, 0.15) is 12.1 Å². The number of nitrogens with zero attached hydrogens (tertiary/aromatic N) is 3. The van der Waals surface area contributed by atoms with Crippen LogP contribution in [0, 0.1) is 6.92 Å². The van der Waals surface area contributed by atoms with Crippen molar-refractivity contribution < 1.29 is 0 Å². The zero-order chi connectivity index (χ0) is 11.7. The highest BCUT2D eigenvalue weighted by molar-refractivity contribution is 5.84. The van der Waals surface area contributed by atoms with E-state index in [4.69, 9.17) is 0 Å². The molecule has 1 aromatic carbocycles. The Morgan fingerprint density at radius 3 is 2.88 bits per heavy atom. The Hall–Kier alpha value is -2.36. The third-order valence-corrected chi connectivity index (χ3v) is 2.73. The van der Waals surface area contributed by atoms with Crippen LogP contribution in [0.15, 0.2) is 49.1 Å². The van der Waals surface area contributed by atoms with Gasteiger partial charge in [-0.05, 0) is 18.6 Å². The van der Waals surface area contributed by atoms with Crippen LogP contribution in [-0.2, 0) is 0 Å². The summed E-state index contributed by atoms with van der Waals surface area (Å²) >= 11 is 0. The SMILES string of the molecule is Cc1cn(Nc2ccncn2)c2ccccc12. The first-order chi connectivity index (χ1) is 8.34. The maximum atomic E-state index is 4.15. The third kappa shape index (κ3) is 1.73. The molecule has 0 spiro atoms. The first kappa shape index (κ1) is 9.84. The highest BCUT2D eigenvalue weighted by Crippen LogP contribution is 2.20. The molecule has 0 unspecified atom stereocenters. The summed E-state index contributed by atoms with van der Waals surface area (Å²) in [6.07, 6.45) is 5.31. The summed E-state index contributed by atoms with van der Waals surface area (Å²) in [6, 6.07) is 10.1. The van der Waals surface area contributed by atoms with Crippen LogP contribution >= 0.6 is 0 Å². The van der Waals surface area contributed by atoms with E-state index in [2.05, 4.69) is 40.6 Å². The number of hydrogen-bond acceptors (Lipinski definition) is 3. The summed E-state index contributed by atoms with van der Waals surface area (Å²) in [5.74, 6) is 0.778. The lowest BCUT2D eigenvalue weighted by atomic mass is 10.2. The molecular weight excluding hydrogens is 212 g/mol. The summed E-state index contributed by atoms with van der Waals surface area (Å²) < 4.78 is 1.98. The predicted octanol–water partition coefficient (Wildman–Crippen LogP) is 2.61. The fraction of sp³-hybridized carbons (Fsp3) is 0.0769. The van der Waals surface area contributed by atoms with Crippen LogP contribution in [0.25, 0.3) is 10.9 Å². The summed E-state index contributed by atoms with van der Waals surface area (Å²) in [6.45, 7) is 2.10. The van der Waals surface area contributed by atoms with Gasteiger partial charge in [-0.25, -0.2) is 9.97 Å². The van der Waals surface area contributed by atoms with Crippen molar-refractivity contribution in [2.75, 3.05) is 5.43 Å². The van der Waals surface area contributed by atoms with Gasteiger partial charge in [0.05, 0.1) is 5.52 Å². The molecule has 4 nitrogen and oxygen atoms in total. The minimum atomic E-state index is 0.778. The van der Waals surface area contributed by atoms with E-state index in [-0.39, 0.29) is 0 Å². The minimum absolute atomic E-state index is 0.778. The molecule has 0 radical (unpaired) electrons. The van der Waals surface area contributed by atoms with Gasteiger partial charge in [0.25, 0.3) is 0 Å². The standard InChI is InChI=1S/C13H12N4/c1-10-8-17(12-5-3-2-4-11(10)12)16-13-6-7-14-9-15-13/h2-9H,1H3,(H,14,15,16). The van der Waals surface area contributed by atoms with Crippen molar-refractivity contribution in [2.45, 2.75) is 6.92 Å². The fourth-order valence-corrected chi connectivity index (χ4v) is 1.92. The number of anilines is 1. The topological polar surface area (TPSA) is 42.7 Å². The summed E-state index contributed by atoms with van der Waals surface area (Å²) in [5, 5.41) is 1.24. The van der Waals surface area contributed by atoms with Gasteiger partial charge < -0.3 is 0 Å². The lowest BCUT2D eigenvalue weighted by Crippen LogP contribution is -2.08. The second kappa shape index (κ2) is 3.90. The van der Waals surface area contributed by atoms with Crippen LogP contribution < -0.4 is 5.43 Å². The van der Waals surface area contributed by atoms with Crippen molar-refractivity contribution in [3.8, 4) is 0 Å². The molecule has 0 saturated carbocycles. The van der Waals surface area contributed by atoms with Crippen molar-refractivity contribution in [3.05, 3.63) is 54.6 Å². The van der Waals surface area contributed by atoms with E-state index in [1.165, 1.54) is 17.3 Å². The van der Waals surface area contributed by atoms with Gasteiger partial charge in [-0.2, -0.15) is 0 Å². The third-order valence-electron chi connectivity index (χ3n) is 2.73. The average Bonchev–Trinajstić information content (AvgIpc) is 2.69. The lowest BCUT2D eigenvalue weighted by molar-refractivity contribution is 0.976. The Morgan fingerprint density at radius 1 is 1.18 bits per heavy atom. The normalized spacial score (nSPS) is 10.6. The Labute approximate surface area is 98.9 Å². The van der Waals surface area contributed by atoms with Crippen LogP contribution in [-0.4, -0.2) is 14.6 Å². The maximum absolute atomic E-state index is 4.15. The van der Waals surface area contributed by atoms with Gasteiger partial charge in [-0.1, -0.05) is 18.2 Å². The Balaban J connectivity index is 2.07. The van der Waals surface area contributed by atoms with E-state index in [1.807, 2.05) is 22.9 Å². The number of benzene rings is 1. The maximum Gasteiger partial charge on any atom is 0.148 e. The number of rotatable bonds is 2. The van der Waals surface area contributed by atoms with Crippen molar-refractivity contribution in [3.63, 3.8) is 0 Å². The van der Waals surface area contributed by atoms with Crippen molar-refractivity contribution in [2.24, 2.45) is 0 Å². The molecule has 1 N–H and O–H groups in total. The predicted molar refractivity (Wildman–Crippen MR) is 67.7 cm³/mol. The minimum Gasteiger partial charge on any atom is -0.277 e. The molecule has 17 heavy (non-hydrogen) atoms. The molecule has 0 amide bonds. The molecule has 0 aliphatic heterocycles. The van der Waals surface area contributed by atoms with Gasteiger partial charge in [-0.3, -0.25) is 10.1 Å². The molecule has 2 heterocycles. The van der Waals surface area contributed by atoms with Gasteiger partial charge >= 0.3 is 0 Å². The summed E-state index contributed by atoms with van der Waals surface area (Å²) in [5.41, 5.74) is 5.61. The van der Waals surface area contributed by atoms with Gasteiger partial charge in [0.15, 0.2) is 0 Å². The first-order valence-corrected chi connectivity index (χ1v) is 5.44. The zero-order valence-corrected chi connectivity index (χ0v) is 9.46. The molecule has 2 aromatic heterocycles. The van der Waals surface area contributed by atoms with Gasteiger partial charge in [0, 0.05) is 23.8 Å². The van der Waals surface area contributed by atoms with E-state index >= 15 is 0 Å². The van der Waals surface area contributed by atoms with Crippen molar-refractivity contribution >= 4 is 16.7 Å². The van der Waals surface area contributed by atoms with Crippen LogP contribution in [0.1, 0.15) is 5.56 Å². The first-order valence-electron chi connectivity index (χ1n) is 5.44. The zero-order valence-electron chi connectivity index (χ0n) is 9.46. The fourth-order valence-electron chi connectivity index (χ4n) is 1.92. The highest BCUT2D eigenvalue weighted by Gasteiger charge is 2.04. The Kier molecular flexibility index (Phi) is 2.26. The number of para-hydroxylation sites is 1. The number of nitrogens with one attached hydrogen (secondary N) is 1. The molecule has 3 rings (SSSR count). The molecule has 0 bridgehead atoms. The molecule has 0 atom stereocenters. The van der Waals surface area contributed by atoms with Crippen LogP contribution in [0.3, 0.4) is 0 Å². The number of hydrogen-bond donors (Lipinski definition) is 1. The molecule has 0 aliphatic rings. The average molecular weight is 224 g/mol. The molecular formula is C13H12N4. The molecule has 0 aliphatic carbocycles. The largest absolute Gasteiger partial charge is 0.277 e. The lowest BCUT2D eigenvalue weighted by Gasteiger charge is -2.07. The van der Waals surface area contributed by atoms with Gasteiger partial charge in [0.2, 0.25) is 0 Å². The van der Waals surface area contributed by atoms with Crippen molar-refractivity contribution in [1.82, 2.24) is 14.6 Å². The van der Waals surface area contributed by atoms with E-state index in [0.29, 0.717) is 0 Å². The highest BCUT2D eigenvalue weighted by atomic mass is 15.4. The smallest absolute Gasteiger partial charge is 0.148 e. The molecule has 84 valence electrons. The van der Waals surface area contributed by atoms with E-state index in [9.17, 15) is 0 Å². The Bertz CT molecular complexity index is 643. The van der Waals surface area contributed by atoms with Gasteiger partial charge in [-0.15, -0.1) is 0 Å². The monoisotopic (exact) mass is 224 g/mol. The van der Waals surface area contributed by atoms with Crippen LogP contribution in [0.5, 0.6) is 0 Å². The number of aryl methyl sites for hydroxylation is 1. The molecule has 0 saturated heterocycles. The Morgan fingerprint density at radius 2 is 2.06 bits per heavy atom. The number of aromatic nitrogens is 3. The molecule has 0 fully saturated rings. The van der Waals surface area contributed by atoms with Crippen LogP contribution in [0.4, 0.5) is 5.82 Å². The molecule has 4 heteroatoms. The van der Waals surface area contributed by atoms with Crippen molar-refractivity contribution in [1.29, 1.82) is 0 Å². The number of fused-ring (bicyclic) bond motifs is 1. The van der Waals surface area contributed by atoms with E-state index < -0.39 is 0 Å². The summed E-state index contributed by atoms with van der Waals surface area (Å²) in [4.78, 5) is 8.04.